The van der Waals surface area contributed by atoms with Gasteiger partial charge in [-0.2, -0.15) is 0 Å². The van der Waals surface area contributed by atoms with Gasteiger partial charge < -0.3 is 4.74 Å². The van der Waals surface area contributed by atoms with Crippen molar-refractivity contribution in [3.05, 3.63) is 103 Å². The molecule has 30 heavy (non-hydrogen) atoms. The van der Waals surface area contributed by atoms with Gasteiger partial charge in [0.2, 0.25) is 0 Å². The molecule has 2 aromatic carbocycles. The second-order valence-corrected chi connectivity index (χ2v) is 7.77. The first-order chi connectivity index (χ1) is 14.5. The number of aryl methyl sites for hydroxylation is 3. The maximum atomic E-state index is 12.6. The van der Waals surface area contributed by atoms with Crippen LogP contribution in [0.15, 0.2) is 58.1 Å². The Kier molecular flexibility index (Phi) is 7.41. The summed E-state index contributed by atoms with van der Waals surface area (Å²) in [7, 11) is 0. The molecule has 3 rings (SSSR count). The number of aromatic nitrogens is 2. The van der Waals surface area contributed by atoms with Crippen molar-refractivity contribution in [3.8, 4) is 0 Å². The van der Waals surface area contributed by atoms with Gasteiger partial charge in [-0.15, -0.1) is 0 Å². The van der Waals surface area contributed by atoms with E-state index in [0.29, 0.717) is 25.0 Å². The molecule has 0 aliphatic carbocycles. The largest absolute Gasteiger partial charge is 0.361 e. The lowest BCUT2D eigenvalue weighted by atomic mass is 10.0. The number of hydrogen-bond acceptors (Lipinski definition) is 3. The first-order valence-corrected chi connectivity index (χ1v) is 10.5. The number of hydrogen-bond donors (Lipinski definition) is 1. The molecule has 5 heteroatoms. The van der Waals surface area contributed by atoms with Gasteiger partial charge >= 0.3 is 5.69 Å². The third kappa shape index (κ3) is 5.57. The van der Waals surface area contributed by atoms with Crippen LogP contribution in [-0.2, 0) is 30.7 Å². The van der Waals surface area contributed by atoms with E-state index >= 15 is 0 Å². The molecule has 1 N–H and O–H groups in total. The van der Waals surface area contributed by atoms with E-state index in [4.69, 9.17) is 4.74 Å². The summed E-state index contributed by atoms with van der Waals surface area (Å²) in [6.07, 6.45) is 2.88. The Morgan fingerprint density at radius 2 is 1.67 bits per heavy atom. The topological polar surface area (TPSA) is 64.1 Å². The zero-order valence-corrected chi connectivity index (χ0v) is 18.0. The number of nitrogens with one attached hydrogen (secondary N) is 1. The Labute approximate surface area is 177 Å². The van der Waals surface area contributed by atoms with Gasteiger partial charge in [0.15, 0.2) is 0 Å². The monoisotopic (exact) mass is 406 g/mol. The highest BCUT2D eigenvalue weighted by Gasteiger charge is 2.15. The van der Waals surface area contributed by atoms with E-state index in [9.17, 15) is 9.59 Å². The van der Waals surface area contributed by atoms with Crippen LogP contribution in [0.5, 0.6) is 0 Å². The number of H-pyrrole nitrogens is 1. The molecule has 0 aliphatic rings. The highest BCUT2D eigenvalue weighted by atomic mass is 16.5. The smallest absolute Gasteiger partial charge is 0.330 e. The van der Waals surface area contributed by atoms with Crippen LogP contribution in [0.4, 0.5) is 0 Å². The minimum atomic E-state index is -0.417. The second-order valence-electron chi connectivity index (χ2n) is 7.77. The molecule has 0 bridgehead atoms. The molecular formula is C25H30N2O3. The highest BCUT2D eigenvalue weighted by Crippen LogP contribution is 2.15. The average molecular weight is 407 g/mol. The number of aromatic amines is 1. The lowest BCUT2D eigenvalue weighted by molar-refractivity contribution is 0.0701. The lowest BCUT2D eigenvalue weighted by Gasteiger charge is -2.16. The fourth-order valence-corrected chi connectivity index (χ4v) is 3.90. The van der Waals surface area contributed by atoms with E-state index in [1.165, 1.54) is 16.7 Å². The summed E-state index contributed by atoms with van der Waals surface area (Å²) in [5.41, 5.74) is 5.34. The summed E-state index contributed by atoms with van der Waals surface area (Å²) >= 11 is 0. The van der Waals surface area contributed by atoms with E-state index in [2.05, 4.69) is 49.2 Å². The zero-order valence-electron chi connectivity index (χ0n) is 18.0. The summed E-state index contributed by atoms with van der Waals surface area (Å²) in [5.74, 6) is 0. The first kappa shape index (κ1) is 21.8. The second kappa shape index (κ2) is 10.2. The molecule has 0 amide bonds. The van der Waals surface area contributed by atoms with Gasteiger partial charge in [0.1, 0.15) is 6.73 Å². The summed E-state index contributed by atoms with van der Waals surface area (Å²) in [6, 6.07) is 16.6. The molecule has 0 spiro atoms. The van der Waals surface area contributed by atoms with E-state index < -0.39 is 5.69 Å². The van der Waals surface area contributed by atoms with Gasteiger partial charge in [-0.25, -0.2) is 4.79 Å². The third-order valence-electron chi connectivity index (χ3n) is 5.24. The molecule has 0 atom stereocenters. The van der Waals surface area contributed by atoms with Crippen LogP contribution in [0.3, 0.4) is 0 Å². The maximum Gasteiger partial charge on any atom is 0.330 e. The van der Waals surface area contributed by atoms with Crippen LogP contribution in [0.25, 0.3) is 0 Å². The van der Waals surface area contributed by atoms with Crippen molar-refractivity contribution in [2.75, 3.05) is 6.61 Å². The van der Waals surface area contributed by atoms with Crippen LogP contribution < -0.4 is 11.2 Å². The Morgan fingerprint density at radius 1 is 0.967 bits per heavy atom. The molecule has 5 nitrogen and oxygen atoms in total. The molecule has 0 saturated carbocycles. The van der Waals surface area contributed by atoms with Crippen molar-refractivity contribution in [3.63, 3.8) is 0 Å². The third-order valence-corrected chi connectivity index (χ3v) is 5.24. The molecule has 0 fully saturated rings. The van der Waals surface area contributed by atoms with Gasteiger partial charge in [0.05, 0.1) is 0 Å². The Balaban J connectivity index is 1.77. The fraction of sp³-hybridized carbons (Fsp3) is 0.360. The molecule has 1 heterocycles. The molecule has 1 aromatic heterocycles. The average Bonchev–Trinajstić information content (AvgIpc) is 2.70. The predicted octanol–water partition coefficient (Wildman–Crippen LogP) is 3.91. The van der Waals surface area contributed by atoms with Crippen LogP contribution in [0.1, 0.15) is 46.9 Å². The van der Waals surface area contributed by atoms with Crippen molar-refractivity contribution >= 4 is 0 Å². The molecule has 0 radical (unpaired) electrons. The SMILES string of the molecule is CCc1c(Cc2cc(C)cc(C)c2)n(COCCCc2ccccc2)c(=O)[nH]c1=O. The Morgan fingerprint density at radius 3 is 2.33 bits per heavy atom. The van der Waals surface area contributed by atoms with Crippen molar-refractivity contribution in [2.24, 2.45) is 0 Å². The van der Waals surface area contributed by atoms with Crippen molar-refractivity contribution in [1.82, 2.24) is 9.55 Å². The predicted molar refractivity (Wildman–Crippen MR) is 120 cm³/mol. The lowest BCUT2D eigenvalue weighted by Crippen LogP contribution is -2.36. The molecule has 0 unspecified atom stereocenters. The zero-order chi connectivity index (χ0) is 21.5. The van der Waals surface area contributed by atoms with E-state index in [1.54, 1.807) is 4.57 Å². The summed E-state index contributed by atoms with van der Waals surface area (Å²) < 4.78 is 7.40. The van der Waals surface area contributed by atoms with Gasteiger partial charge in [0.25, 0.3) is 5.56 Å². The van der Waals surface area contributed by atoms with E-state index in [1.807, 2.05) is 25.1 Å². The Bertz CT molecular complexity index is 1080. The maximum absolute atomic E-state index is 12.6. The first-order valence-electron chi connectivity index (χ1n) is 10.5. The minimum Gasteiger partial charge on any atom is -0.361 e. The van der Waals surface area contributed by atoms with Crippen molar-refractivity contribution in [1.29, 1.82) is 0 Å². The summed E-state index contributed by atoms with van der Waals surface area (Å²) in [5, 5.41) is 0. The van der Waals surface area contributed by atoms with Crippen LogP contribution >= 0.6 is 0 Å². The van der Waals surface area contributed by atoms with E-state index in [0.717, 1.165) is 24.1 Å². The van der Waals surface area contributed by atoms with Crippen LogP contribution in [0, 0.1) is 13.8 Å². The van der Waals surface area contributed by atoms with Gasteiger partial charge in [-0.1, -0.05) is 66.6 Å². The molecule has 0 saturated heterocycles. The van der Waals surface area contributed by atoms with Gasteiger partial charge in [-0.05, 0) is 44.2 Å². The summed E-state index contributed by atoms with van der Waals surface area (Å²) in [4.78, 5) is 27.4. The quantitative estimate of drug-likeness (QED) is 0.548. The standard InChI is InChI=1S/C25H30N2O3/c1-4-22-23(16-21-14-18(2)13-19(3)15-21)27(25(29)26-24(22)28)17-30-12-8-11-20-9-6-5-7-10-20/h5-7,9-10,13-15H,4,8,11-12,16-17H2,1-3H3,(H,26,28,29). The van der Waals surface area contributed by atoms with Gasteiger partial charge in [-0.3, -0.25) is 14.3 Å². The Hall–Kier alpha value is -2.92. The van der Waals surface area contributed by atoms with Gasteiger partial charge in [0, 0.05) is 24.3 Å². The number of benzene rings is 2. The molecule has 3 aromatic rings. The van der Waals surface area contributed by atoms with Crippen LogP contribution in [0.2, 0.25) is 0 Å². The molecule has 158 valence electrons. The van der Waals surface area contributed by atoms with Crippen molar-refractivity contribution in [2.45, 2.75) is 53.2 Å². The number of ether oxygens (including phenoxy) is 1. The fourth-order valence-electron chi connectivity index (χ4n) is 3.90. The highest BCUT2D eigenvalue weighted by molar-refractivity contribution is 5.33. The normalized spacial score (nSPS) is 11.0. The molecular weight excluding hydrogens is 376 g/mol. The van der Waals surface area contributed by atoms with Crippen molar-refractivity contribution < 1.29 is 4.74 Å². The number of nitrogens with zero attached hydrogens (tertiary/aromatic N) is 1. The molecule has 0 aliphatic heterocycles. The van der Waals surface area contributed by atoms with Crippen LogP contribution in [-0.4, -0.2) is 16.2 Å². The van der Waals surface area contributed by atoms with E-state index in [-0.39, 0.29) is 12.3 Å². The summed E-state index contributed by atoms with van der Waals surface area (Å²) in [6.45, 7) is 6.73. The number of rotatable bonds is 9. The minimum absolute atomic E-state index is 0.136.